The highest BCUT2D eigenvalue weighted by Gasteiger charge is 2.51. The third-order valence-corrected chi connectivity index (χ3v) is 6.60. The van der Waals surface area contributed by atoms with Gasteiger partial charge in [0, 0.05) is 17.5 Å². The molecule has 2 aromatic rings. The van der Waals surface area contributed by atoms with Crippen molar-refractivity contribution in [2.45, 2.75) is 23.5 Å². The highest BCUT2D eigenvalue weighted by atomic mass is 35.5. The molecule has 140 valence electrons. The number of ether oxygens (including phenoxy) is 1. The van der Waals surface area contributed by atoms with E-state index >= 15 is 0 Å². The van der Waals surface area contributed by atoms with Gasteiger partial charge in [-0.2, -0.15) is 0 Å². The first-order valence-electron chi connectivity index (χ1n) is 8.82. The van der Waals surface area contributed by atoms with E-state index in [1.54, 1.807) is 16.7 Å². The molecule has 0 saturated heterocycles. The quantitative estimate of drug-likeness (QED) is 0.539. The number of hydrogen-bond acceptors (Lipinski definition) is 3. The van der Waals surface area contributed by atoms with E-state index in [1.807, 2.05) is 49.5 Å². The zero-order valence-electron chi connectivity index (χ0n) is 15.7. The van der Waals surface area contributed by atoms with Crippen LogP contribution in [0.4, 0.5) is 5.69 Å². The van der Waals surface area contributed by atoms with Crippen LogP contribution in [0.3, 0.4) is 0 Å². The number of halogens is 1. The zero-order chi connectivity index (χ0) is 19.4. The van der Waals surface area contributed by atoms with E-state index in [4.69, 9.17) is 16.3 Å². The summed E-state index contributed by atoms with van der Waals surface area (Å²) < 4.78 is 5.16. The number of hydrogen-bond donors (Lipinski definition) is 0. The third kappa shape index (κ3) is 3.54. The molecule has 1 heterocycles. The van der Waals surface area contributed by atoms with Gasteiger partial charge in [-0.15, -0.1) is 23.4 Å². The maximum absolute atomic E-state index is 13.6. The van der Waals surface area contributed by atoms with E-state index in [-0.39, 0.29) is 24.3 Å². The standard InChI is InChI=1S/C22H22ClNO2S/c1-16(2)22(17-10-4-6-12-19(17)26-15-9-8-14-23)21(25)24(3)18-11-5-7-13-20(18)27-22/h4-7,10-13,16H,14-15H2,1-3H3/t22-/m1/s1. The van der Waals surface area contributed by atoms with Gasteiger partial charge in [0.1, 0.15) is 17.1 Å². The van der Waals surface area contributed by atoms with Crippen LogP contribution < -0.4 is 9.64 Å². The number of amides is 1. The van der Waals surface area contributed by atoms with Gasteiger partial charge in [0.2, 0.25) is 5.91 Å². The van der Waals surface area contributed by atoms with Gasteiger partial charge in [0.25, 0.3) is 0 Å². The third-order valence-electron chi connectivity index (χ3n) is 4.71. The number of thioether (sulfide) groups is 1. The average Bonchev–Trinajstić information content (AvgIpc) is 2.68. The molecule has 0 bridgehead atoms. The highest BCUT2D eigenvalue weighted by Crippen LogP contribution is 2.56. The van der Waals surface area contributed by atoms with Crippen LogP contribution >= 0.6 is 23.4 Å². The Balaban J connectivity index is 2.11. The summed E-state index contributed by atoms with van der Waals surface area (Å²) in [5, 5.41) is 0. The summed E-state index contributed by atoms with van der Waals surface area (Å²) in [5.74, 6) is 6.75. The molecule has 1 aliphatic rings. The van der Waals surface area contributed by atoms with Crippen LogP contribution in [0, 0.1) is 17.8 Å². The van der Waals surface area contributed by atoms with Crippen LogP contribution in [0.1, 0.15) is 19.4 Å². The van der Waals surface area contributed by atoms with Crippen LogP contribution in [-0.4, -0.2) is 25.4 Å². The minimum atomic E-state index is -0.764. The molecule has 1 atom stereocenters. The first-order valence-corrected chi connectivity index (χ1v) is 10.2. The molecule has 5 heteroatoms. The zero-order valence-corrected chi connectivity index (χ0v) is 17.2. The number of likely N-dealkylation sites (N-methyl/N-ethyl adjacent to an activating group) is 1. The topological polar surface area (TPSA) is 29.5 Å². The van der Waals surface area contributed by atoms with Gasteiger partial charge in [0.05, 0.1) is 11.6 Å². The molecule has 1 aliphatic heterocycles. The van der Waals surface area contributed by atoms with Crippen LogP contribution in [0.25, 0.3) is 0 Å². The molecule has 27 heavy (non-hydrogen) atoms. The van der Waals surface area contributed by atoms with E-state index in [0.717, 1.165) is 16.1 Å². The first kappa shape index (κ1) is 19.7. The maximum Gasteiger partial charge on any atom is 0.248 e. The van der Waals surface area contributed by atoms with E-state index in [0.29, 0.717) is 5.75 Å². The normalized spacial score (nSPS) is 18.7. The Morgan fingerprint density at radius 1 is 1.15 bits per heavy atom. The van der Waals surface area contributed by atoms with Gasteiger partial charge in [-0.3, -0.25) is 4.79 Å². The van der Waals surface area contributed by atoms with Gasteiger partial charge < -0.3 is 9.64 Å². The second kappa shape index (κ2) is 8.29. The molecule has 0 spiro atoms. The van der Waals surface area contributed by atoms with Crippen molar-refractivity contribution in [1.82, 2.24) is 0 Å². The minimum Gasteiger partial charge on any atom is -0.481 e. The van der Waals surface area contributed by atoms with Crippen molar-refractivity contribution >= 4 is 35.0 Å². The number of anilines is 1. The second-order valence-corrected chi connectivity index (χ2v) is 8.15. The summed E-state index contributed by atoms with van der Waals surface area (Å²) in [6.07, 6.45) is 0. The Bertz CT molecular complexity index is 902. The molecular formula is C22H22ClNO2S. The number of rotatable bonds is 4. The van der Waals surface area contributed by atoms with Crippen molar-refractivity contribution in [3.05, 3.63) is 54.1 Å². The number of alkyl halides is 1. The number of fused-ring (bicyclic) bond motifs is 1. The van der Waals surface area contributed by atoms with Crippen LogP contribution in [0.5, 0.6) is 5.75 Å². The van der Waals surface area contributed by atoms with Gasteiger partial charge in [-0.05, 0) is 24.1 Å². The molecule has 0 aliphatic carbocycles. The monoisotopic (exact) mass is 399 g/mol. The fourth-order valence-corrected chi connectivity index (χ4v) is 4.99. The van der Waals surface area contributed by atoms with Crippen molar-refractivity contribution in [3.63, 3.8) is 0 Å². The largest absolute Gasteiger partial charge is 0.481 e. The number of benzene rings is 2. The summed E-state index contributed by atoms with van der Waals surface area (Å²) in [6, 6.07) is 15.8. The maximum atomic E-state index is 13.6. The van der Waals surface area contributed by atoms with Gasteiger partial charge in [-0.1, -0.05) is 56.0 Å². The Kier molecular flexibility index (Phi) is 6.04. The molecular weight excluding hydrogens is 378 g/mol. The lowest BCUT2D eigenvalue weighted by molar-refractivity contribution is -0.122. The average molecular weight is 400 g/mol. The van der Waals surface area contributed by atoms with Crippen molar-refractivity contribution in [2.75, 3.05) is 24.4 Å². The Morgan fingerprint density at radius 2 is 1.85 bits per heavy atom. The highest BCUT2D eigenvalue weighted by molar-refractivity contribution is 8.01. The lowest BCUT2D eigenvalue weighted by Gasteiger charge is -2.43. The van der Waals surface area contributed by atoms with Crippen molar-refractivity contribution < 1.29 is 9.53 Å². The Hall–Kier alpha value is -2.09. The van der Waals surface area contributed by atoms with E-state index < -0.39 is 4.75 Å². The van der Waals surface area contributed by atoms with Crippen LogP contribution in [-0.2, 0) is 9.54 Å². The summed E-state index contributed by atoms with van der Waals surface area (Å²) >= 11 is 7.21. The molecule has 0 radical (unpaired) electrons. The fourth-order valence-electron chi connectivity index (χ4n) is 3.35. The fraction of sp³-hybridized carbons (Fsp3) is 0.318. The Labute approximate surface area is 170 Å². The first-order chi connectivity index (χ1) is 13.0. The number of nitrogens with zero attached hydrogens (tertiary/aromatic N) is 1. The van der Waals surface area contributed by atoms with Gasteiger partial charge in [0.15, 0.2) is 0 Å². The molecule has 3 nitrogen and oxygen atoms in total. The molecule has 0 unspecified atom stereocenters. The molecule has 0 saturated carbocycles. The van der Waals surface area contributed by atoms with Gasteiger partial charge >= 0.3 is 0 Å². The molecule has 0 fully saturated rings. The summed E-state index contributed by atoms with van der Waals surface area (Å²) in [5.41, 5.74) is 1.82. The van der Waals surface area contributed by atoms with Crippen LogP contribution in [0.15, 0.2) is 53.4 Å². The predicted molar refractivity (Wildman–Crippen MR) is 113 cm³/mol. The molecule has 0 aromatic heterocycles. The van der Waals surface area contributed by atoms with Crippen molar-refractivity contribution in [3.8, 4) is 17.6 Å². The molecule has 1 amide bonds. The van der Waals surface area contributed by atoms with Gasteiger partial charge in [-0.25, -0.2) is 0 Å². The number of para-hydroxylation sites is 2. The lowest BCUT2D eigenvalue weighted by Crippen LogP contribution is -2.49. The lowest BCUT2D eigenvalue weighted by atomic mass is 9.85. The summed E-state index contributed by atoms with van der Waals surface area (Å²) in [6.45, 7) is 4.40. The number of carbonyl (C=O) groups is 1. The second-order valence-electron chi connectivity index (χ2n) is 6.60. The minimum absolute atomic E-state index is 0.0593. The number of carbonyl (C=O) groups excluding carboxylic acids is 1. The molecule has 2 aromatic carbocycles. The summed E-state index contributed by atoms with van der Waals surface area (Å²) in [4.78, 5) is 16.4. The summed E-state index contributed by atoms with van der Waals surface area (Å²) in [7, 11) is 1.84. The van der Waals surface area contributed by atoms with E-state index in [2.05, 4.69) is 31.8 Å². The predicted octanol–water partition coefficient (Wildman–Crippen LogP) is 4.93. The molecule has 0 N–H and O–H groups in total. The van der Waals surface area contributed by atoms with E-state index in [1.165, 1.54) is 0 Å². The molecule has 3 rings (SSSR count). The van der Waals surface area contributed by atoms with Crippen molar-refractivity contribution in [2.24, 2.45) is 5.92 Å². The smallest absolute Gasteiger partial charge is 0.248 e. The SMILES string of the molecule is CC(C)[C@]1(c2ccccc2OCC#CCCl)Sc2ccccc2N(C)C1=O. The van der Waals surface area contributed by atoms with Crippen molar-refractivity contribution in [1.29, 1.82) is 0 Å². The van der Waals surface area contributed by atoms with E-state index in [9.17, 15) is 4.79 Å². The Morgan fingerprint density at radius 3 is 2.59 bits per heavy atom. The van der Waals surface area contributed by atoms with Crippen LogP contribution in [0.2, 0.25) is 0 Å².